The molecule has 2 N–H and O–H groups in total. The standard InChI is InChI=1S/C13H12N4O3/c14-12(19)13-15-10(16-20-13)7-17-9-4-2-1-3-8(9)5-6-11(17)18/h1-4H,5-7H2,(H2,14,19). The summed E-state index contributed by atoms with van der Waals surface area (Å²) < 4.78 is 4.72. The summed E-state index contributed by atoms with van der Waals surface area (Å²) in [5.74, 6) is -0.787. The Kier molecular flexibility index (Phi) is 2.94. The van der Waals surface area contributed by atoms with E-state index in [9.17, 15) is 9.59 Å². The minimum absolute atomic E-state index is 0.00544. The summed E-state index contributed by atoms with van der Waals surface area (Å²) in [6, 6.07) is 7.67. The van der Waals surface area contributed by atoms with Gasteiger partial charge >= 0.3 is 11.8 Å². The van der Waals surface area contributed by atoms with Gasteiger partial charge in [-0.15, -0.1) is 0 Å². The van der Waals surface area contributed by atoms with Gasteiger partial charge in [-0.05, 0) is 18.1 Å². The lowest BCUT2D eigenvalue weighted by Crippen LogP contribution is -2.34. The predicted molar refractivity (Wildman–Crippen MR) is 68.8 cm³/mol. The van der Waals surface area contributed by atoms with Gasteiger partial charge in [0.2, 0.25) is 5.91 Å². The normalized spacial score (nSPS) is 14.2. The lowest BCUT2D eigenvalue weighted by atomic mass is 10.0. The maximum Gasteiger partial charge on any atom is 0.315 e. The minimum Gasteiger partial charge on any atom is -0.361 e. The number of primary amides is 1. The average Bonchev–Trinajstić information content (AvgIpc) is 2.91. The molecule has 7 nitrogen and oxygen atoms in total. The van der Waals surface area contributed by atoms with Crippen molar-refractivity contribution in [2.24, 2.45) is 5.73 Å². The SMILES string of the molecule is NC(=O)c1nc(CN2C(=O)CCc3ccccc32)no1. The zero-order valence-electron chi connectivity index (χ0n) is 10.6. The second kappa shape index (κ2) is 4.76. The molecule has 3 rings (SSSR count). The molecule has 0 aliphatic carbocycles. The highest BCUT2D eigenvalue weighted by Crippen LogP contribution is 2.28. The van der Waals surface area contributed by atoms with E-state index in [0.717, 1.165) is 17.7 Å². The number of nitrogens with two attached hydrogens (primary N) is 1. The first-order valence-electron chi connectivity index (χ1n) is 6.16. The largest absolute Gasteiger partial charge is 0.361 e. The van der Waals surface area contributed by atoms with Crippen LogP contribution in [0.5, 0.6) is 0 Å². The highest BCUT2D eigenvalue weighted by molar-refractivity contribution is 5.96. The summed E-state index contributed by atoms with van der Waals surface area (Å²) in [5, 5.41) is 3.66. The summed E-state index contributed by atoms with van der Waals surface area (Å²) in [4.78, 5) is 28.4. The topological polar surface area (TPSA) is 102 Å². The van der Waals surface area contributed by atoms with Crippen molar-refractivity contribution in [1.29, 1.82) is 0 Å². The Morgan fingerprint density at radius 3 is 2.90 bits per heavy atom. The summed E-state index contributed by atoms with van der Waals surface area (Å²) in [7, 11) is 0. The summed E-state index contributed by atoms with van der Waals surface area (Å²) in [6.07, 6.45) is 1.17. The fourth-order valence-corrected chi connectivity index (χ4v) is 2.23. The highest BCUT2D eigenvalue weighted by Gasteiger charge is 2.25. The molecule has 102 valence electrons. The first kappa shape index (κ1) is 12.3. The first-order valence-corrected chi connectivity index (χ1v) is 6.16. The maximum atomic E-state index is 12.1. The van der Waals surface area contributed by atoms with Crippen LogP contribution in [0.25, 0.3) is 0 Å². The lowest BCUT2D eigenvalue weighted by Gasteiger charge is -2.28. The van der Waals surface area contributed by atoms with Crippen LogP contribution in [0.15, 0.2) is 28.8 Å². The van der Waals surface area contributed by atoms with Crippen molar-refractivity contribution in [1.82, 2.24) is 10.1 Å². The number of anilines is 1. The molecule has 2 aromatic rings. The van der Waals surface area contributed by atoms with Crippen molar-refractivity contribution in [3.63, 3.8) is 0 Å². The molecule has 1 aromatic carbocycles. The Bertz CT molecular complexity index is 680. The monoisotopic (exact) mass is 272 g/mol. The first-order chi connectivity index (χ1) is 9.65. The van der Waals surface area contributed by atoms with Crippen molar-refractivity contribution < 1.29 is 14.1 Å². The van der Waals surface area contributed by atoms with E-state index >= 15 is 0 Å². The number of nitrogens with zero attached hydrogens (tertiary/aromatic N) is 3. The molecule has 1 aromatic heterocycles. The molecule has 2 amide bonds. The van der Waals surface area contributed by atoms with Crippen molar-refractivity contribution in [3.05, 3.63) is 41.5 Å². The fraction of sp³-hybridized carbons (Fsp3) is 0.231. The van der Waals surface area contributed by atoms with Crippen LogP contribution in [0.1, 0.15) is 28.5 Å². The highest BCUT2D eigenvalue weighted by atomic mass is 16.5. The van der Waals surface area contributed by atoms with E-state index in [4.69, 9.17) is 10.3 Å². The van der Waals surface area contributed by atoms with Gasteiger partial charge in [0.15, 0.2) is 5.82 Å². The van der Waals surface area contributed by atoms with Gasteiger partial charge in [-0.25, -0.2) is 0 Å². The van der Waals surface area contributed by atoms with Crippen LogP contribution in [0.4, 0.5) is 5.69 Å². The second-order valence-corrected chi connectivity index (χ2v) is 4.49. The van der Waals surface area contributed by atoms with Gasteiger partial charge in [0.05, 0.1) is 6.54 Å². The Morgan fingerprint density at radius 1 is 1.35 bits per heavy atom. The molecule has 20 heavy (non-hydrogen) atoms. The Labute approximate surface area is 114 Å². The molecule has 0 saturated carbocycles. The van der Waals surface area contributed by atoms with Crippen molar-refractivity contribution in [2.75, 3.05) is 4.90 Å². The number of hydrogen-bond donors (Lipinski definition) is 1. The van der Waals surface area contributed by atoms with Crippen LogP contribution in [0.2, 0.25) is 0 Å². The van der Waals surface area contributed by atoms with Crippen molar-refractivity contribution >= 4 is 17.5 Å². The number of fused-ring (bicyclic) bond motifs is 1. The van der Waals surface area contributed by atoms with Crippen LogP contribution in [-0.4, -0.2) is 22.0 Å². The lowest BCUT2D eigenvalue weighted by molar-refractivity contribution is -0.119. The molecule has 2 heterocycles. The zero-order valence-corrected chi connectivity index (χ0v) is 10.6. The van der Waals surface area contributed by atoms with Crippen LogP contribution in [-0.2, 0) is 17.8 Å². The minimum atomic E-state index is -0.783. The second-order valence-electron chi connectivity index (χ2n) is 4.49. The Balaban J connectivity index is 1.89. The van der Waals surface area contributed by atoms with Gasteiger partial charge in [-0.1, -0.05) is 23.4 Å². The van der Waals surface area contributed by atoms with Crippen LogP contribution < -0.4 is 10.6 Å². The number of amides is 2. The number of carbonyl (C=O) groups excluding carboxylic acids is 2. The third-order valence-electron chi connectivity index (χ3n) is 3.17. The van der Waals surface area contributed by atoms with E-state index in [1.807, 2.05) is 24.3 Å². The Morgan fingerprint density at radius 2 is 2.15 bits per heavy atom. The van der Waals surface area contributed by atoms with Gasteiger partial charge in [-0.2, -0.15) is 4.98 Å². The molecule has 7 heteroatoms. The third kappa shape index (κ3) is 2.13. The number of aromatic nitrogens is 2. The maximum absolute atomic E-state index is 12.1. The third-order valence-corrected chi connectivity index (χ3v) is 3.17. The summed E-state index contributed by atoms with van der Waals surface area (Å²) in [6.45, 7) is 0.159. The van der Waals surface area contributed by atoms with Crippen LogP contribution in [0, 0.1) is 0 Å². The molecule has 0 radical (unpaired) electrons. The van der Waals surface area contributed by atoms with Gasteiger partial charge in [0, 0.05) is 12.1 Å². The molecule has 0 spiro atoms. The van der Waals surface area contributed by atoms with Crippen molar-refractivity contribution in [2.45, 2.75) is 19.4 Å². The average molecular weight is 272 g/mol. The summed E-state index contributed by atoms with van der Waals surface area (Å²) >= 11 is 0. The van der Waals surface area contributed by atoms with E-state index in [-0.39, 0.29) is 24.2 Å². The molecule has 0 atom stereocenters. The number of rotatable bonds is 3. The number of benzene rings is 1. The van der Waals surface area contributed by atoms with Gasteiger partial charge in [0.25, 0.3) is 0 Å². The van der Waals surface area contributed by atoms with Gasteiger partial charge in [-0.3, -0.25) is 9.59 Å². The molecule has 1 aliphatic heterocycles. The molecule has 0 unspecified atom stereocenters. The number of para-hydroxylation sites is 1. The summed E-state index contributed by atoms with van der Waals surface area (Å²) in [5.41, 5.74) is 6.99. The number of aryl methyl sites for hydroxylation is 1. The van der Waals surface area contributed by atoms with E-state index in [1.54, 1.807) is 4.90 Å². The van der Waals surface area contributed by atoms with E-state index in [2.05, 4.69) is 10.1 Å². The Hall–Kier alpha value is -2.70. The van der Waals surface area contributed by atoms with Crippen molar-refractivity contribution in [3.8, 4) is 0 Å². The van der Waals surface area contributed by atoms with Crippen LogP contribution >= 0.6 is 0 Å². The van der Waals surface area contributed by atoms with E-state index < -0.39 is 5.91 Å². The fourth-order valence-electron chi connectivity index (χ4n) is 2.23. The molecule has 0 saturated heterocycles. The van der Waals surface area contributed by atoms with Gasteiger partial charge < -0.3 is 15.2 Å². The van der Waals surface area contributed by atoms with Gasteiger partial charge in [0.1, 0.15) is 0 Å². The quantitative estimate of drug-likeness (QED) is 0.883. The molecular weight excluding hydrogens is 260 g/mol. The smallest absolute Gasteiger partial charge is 0.315 e. The van der Waals surface area contributed by atoms with Crippen LogP contribution in [0.3, 0.4) is 0 Å². The predicted octanol–water partition coefficient (Wildman–Crippen LogP) is 0.648. The van der Waals surface area contributed by atoms with E-state index in [0.29, 0.717) is 6.42 Å². The molecule has 1 aliphatic rings. The molecular formula is C13H12N4O3. The molecule has 0 bridgehead atoms. The zero-order chi connectivity index (χ0) is 14.1. The van der Waals surface area contributed by atoms with E-state index in [1.165, 1.54) is 0 Å². The number of carbonyl (C=O) groups is 2. The number of hydrogen-bond acceptors (Lipinski definition) is 5. The molecule has 0 fully saturated rings.